The normalized spacial score (nSPS) is 11.5. The highest BCUT2D eigenvalue weighted by Crippen LogP contribution is 2.26. The van der Waals surface area contributed by atoms with Gasteiger partial charge in [0.1, 0.15) is 23.9 Å². The number of anilines is 1. The summed E-state index contributed by atoms with van der Waals surface area (Å²) >= 11 is 0. The van der Waals surface area contributed by atoms with Gasteiger partial charge in [-0.2, -0.15) is 0 Å². The largest absolute Gasteiger partial charge is 0.485 e. The van der Waals surface area contributed by atoms with Crippen molar-refractivity contribution in [1.29, 1.82) is 0 Å². The van der Waals surface area contributed by atoms with Gasteiger partial charge in [0.2, 0.25) is 5.91 Å². The zero-order valence-electron chi connectivity index (χ0n) is 22.6. The molecule has 206 valence electrons. The van der Waals surface area contributed by atoms with E-state index in [4.69, 9.17) is 14.2 Å². The van der Waals surface area contributed by atoms with Gasteiger partial charge < -0.3 is 19.5 Å². The first-order chi connectivity index (χ1) is 20.1. The minimum absolute atomic E-state index is 0.0133. The van der Waals surface area contributed by atoms with Gasteiger partial charge in [-0.15, -0.1) is 0 Å². The summed E-state index contributed by atoms with van der Waals surface area (Å²) in [7, 11) is 0. The van der Waals surface area contributed by atoms with Gasteiger partial charge in [0, 0.05) is 17.5 Å². The van der Waals surface area contributed by atoms with Crippen LogP contribution in [0.15, 0.2) is 127 Å². The maximum absolute atomic E-state index is 13.3. The van der Waals surface area contributed by atoms with E-state index in [1.165, 1.54) is 0 Å². The van der Waals surface area contributed by atoms with E-state index >= 15 is 0 Å². The van der Waals surface area contributed by atoms with Gasteiger partial charge in [0.15, 0.2) is 5.78 Å². The van der Waals surface area contributed by atoms with E-state index < -0.39 is 5.92 Å². The topological polar surface area (TPSA) is 73.9 Å². The van der Waals surface area contributed by atoms with Gasteiger partial charge in [-0.05, 0) is 53.4 Å². The Hall–Kier alpha value is -4.94. The Morgan fingerprint density at radius 2 is 1.34 bits per heavy atom. The summed E-state index contributed by atoms with van der Waals surface area (Å²) in [5, 5.41) is 4.88. The molecule has 1 unspecified atom stereocenters. The maximum Gasteiger partial charge on any atom is 0.230 e. The van der Waals surface area contributed by atoms with Crippen molar-refractivity contribution in [3.63, 3.8) is 0 Å². The molecule has 0 heterocycles. The summed E-state index contributed by atoms with van der Waals surface area (Å²) in [6, 6.07) is 39.9. The molecule has 5 aromatic carbocycles. The molecule has 41 heavy (non-hydrogen) atoms. The molecule has 0 aliphatic rings. The molecular weight excluding hydrogens is 514 g/mol. The maximum atomic E-state index is 13.3. The predicted octanol–water partition coefficient (Wildman–Crippen LogP) is 7.44. The second kappa shape index (κ2) is 13.9. The third kappa shape index (κ3) is 8.03. The third-order valence-corrected chi connectivity index (χ3v) is 6.51. The number of ketones is 1. The van der Waals surface area contributed by atoms with Gasteiger partial charge >= 0.3 is 0 Å². The standard InChI is InChI=1S/C35H31NO5/c37-30(25-40-34-17-9-13-27-12-7-8-16-33(27)34)22-28(24-39-23-26-10-3-1-4-11-26)35(38)36-29-18-20-32(21-19-29)41-31-14-5-2-6-15-31/h1-21,28H,22-25H2,(H,36,38). The molecule has 6 nitrogen and oxygen atoms in total. The number of amides is 1. The number of fused-ring (bicyclic) bond motifs is 1. The van der Waals surface area contributed by atoms with Crippen molar-refractivity contribution in [2.45, 2.75) is 13.0 Å². The van der Waals surface area contributed by atoms with Gasteiger partial charge in [0.25, 0.3) is 0 Å². The lowest BCUT2D eigenvalue weighted by atomic mass is 10.0. The van der Waals surface area contributed by atoms with Gasteiger partial charge in [-0.3, -0.25) is 9.59 Å². The number of nitrogens with one attached hydrogen (secondary N) is 1. The van der Waals surface area contributed by atoms with Gasteiger partial charge in [-0.25, -0.2) is 0 Å². The number of carbonyl (C=O) groups excluding carboxylic acids is 2. The van der Waals surface area contributed by atoms with Crippen LogP contribution in [-0.4, -0.2) is 24.9 Å². The first kappa shape index (κ1) is 27.6. The molecule has 0 fully saturated rings. The van der Waals surface area contributed by atoms with Crippen molar-refractivity contribution in [1.82, 2.24) is 0 Å². The fourth-order valence-electron chi connectivity index (χ4n) is 4.41. The van der Waals surface area contributed by atoms with Crippen molar-refractivity contribution in [2.75, 3.05) is 18.5 Å². The van der Waals surface area contributed by atoms with Crippen LogP contribution in [0.1, 0.15) is 12.0 Å². The first-order valence-electron chi connectivity index (χ1n) is 13.5. The van der Waals surface area contributed by atoms with Crippen molar-refractivity contribution in [3.8, 4) is 17.2 Å². The Kier molecular flexibility index (Phi) is 9.38. The van der Waals surface area contributed by atoms with Crippen molar-refractivity contribution in [2.24, 2.45) is 5.92 Å². The fourth-order valence-corrected chi connectivity index (χ4v) is 4.41. The molecule has 5 aromatic rings. The molecule has 0 spiro atoms. The highest BCUT2D eigenvalue weighted by atomic mass is 16.5. The van der Waals surface area contributed by atoms with Crippen molar-refractivity contribution >= 4 is 28.2 Å². The Morgan fingerprint density at radius 1 is 0.683 bits per heavy atom. The highest BCUT2D eigenvalue weighted by Gasteiger charge is 2.23. The molecule has 1 amide bonds. The molecule has 0 aliphatic carbocycles. The number of para-hydroxylation sites is 1. The van der Waals surface area contributed by atoms with Crippen LogP contribution >= 0.6 is 0 Å². The van der Waals surface area contributed by atoms with E-state index in [2.05, 4.69) is 5.32 Å². The predicted molar refractivity (Wildman–Crippen MR) is 160 cm³/mol. The molecule has 5 rings (SSSR count). The summed E-state index contributed by atoms with van der Waals surface area (Å²) in [4.78, 5) is 26.3. The fraction of sp³-hybridized carbons (Fsp3) is 0.143. The summed E-state index contributed by atoms with van der Waals surface area (Å²) in [5.41, 5.74) is 1.59. The van der Waals surface area contributed by atoms with Crippen LogP contribution < -0.4 is 14.8 Å². The van der Waals surface area contributed by atoms with Crippen LogP contribution in [0.25, 0.3) is 10.8 Å². The van der Waals surface area contributed by atoms with E-state index in [1.54, 1.807) is 24.3 Å². The highest BCUT2D eigenvalue weighted by molar-refractivity contribution is 5.96. The molecule has 0 bridgehead atoms. The van der Waals surface area contributed by atoms with Crippen LogP contribution in [0.3, 0.4) is 0 Å². The number of hydrogen-bond donors (Lipinski definition) is 1. The zero-order chi connectivity index (χ0) is 28.3. The smallest absolute Gasteiger partial charge is 0.230 e. The average molecular weight is 546 g/mol. The number of benzene rings is 5. The lowest BCUT2D eigenvalue weighted by Gasteiger charge is -2.17. The number of ether oxygens (including phenoxy) is 3. The first-order valence-corrected chi connectivity index (χ1v) is 13.5. The summed E-state index contributed by atoms with van der Waals surface area (Å²) in [5.74, 6) is 0.835. The molecule has 0 saturated heterocycles. The monoisotopic (exact) mass is 545 g/mol. The molecule has 0 saturated carbocycles. The molecule has 1 N–H and O–H groups in total. The van der Waals surface area contributed by atoms with E-state index in [9.17, 15) is 9.59 Å². The molecular formula is C35H31NO5. The average Bonchev–Trinajstić information content (AvgIpc) is 3.01. The number of rotatable bonds is 13. The minimum atomic E-state index is -0.692. The molecule has 0 aromatic heterocycles. The minimum Gasteiger partial charge on any atom is -0.485 e. The van der Waals surface area contributed by atoms with Crippen LogP contribution in [-0.2, 0) is 20.9 Å². The van der Waals surface area contributed by atoms with E-state index in [0.717, 1.165) is 22.1 Å². The second-order valence-electron chi connectivity index (χ2n) is 9.64. The van der Waals surface area contributed by atoms with Crippen molar-refractivity contribution < 1.29 is 23.8 Å². The Morgan fingerprint density at radius 3 is 2.12 bits per heavy atom. The second-order valence-corrected chi connectivity index (χ2v) is 9.64. The Labute approximate surface area is 239 Å². The Bertz CT molecular complexity index is 1560. The molecule has 0 aliphatic heterocycles. The lowest BCUT2D eigenvalue weighted by molar-refractivity contribution is -0.129. The van der Waals surface area contributed by atoms with Gasteiger partial charge in [-0.1, -0.05) is 84.9 Å². The van der Waals surface area contributed by atoms with E-state index in [-0.39, 0.29) is 31.3 Å². The summed E-state index contributed by atoms with van der Waals surface area (Å²) in [6.07, 6.45) is -0.0133. The third-order valence-electron chi connectivity index (χ3n) is 6.51. The van der Waals surface area contributed by atoms with E-state index in [1.807, 2.05) is 103 Å². The SMILES string of the molecule is O=C(COc1cccc2ccccc12)CC(COCc1ccccc1)C(=O)Nc1ccc(Oc2ccccc2)cc1. The number of carbonyl (C=O) groups is 2. The summed E-state index contributed by atoms with van der Waals surface area (Å²) in [6.45, 7) is 0.300. The number of Topliss-reactive ketones (excluding diaryl/α,β-unsaturated/α-hetero) is 1. The number of hydrogen-bond acceptors (Lipinski definition) is 5. The van der Waals surface area contributed by atoms with Gasteiger partial charge in [0.05, 0.1) is 19.1 Å². The molecule has 0 radical (unpaired) electrons. The zero-order valence-corrected chi connectivity index (χ0v) is 22.6. The van der Waals surface area contributed by atoms with Crippen LogP contribution in [0.2, 0.25) is 0 Å². The van der Waals surface area contributed by atoms with E-state index in [0.29, 0.717) is 23.8 Å². The van der Waals surface area contributed by atoms with Crippen LogP contribution in [0, 0.1) is 5.92 Å². The lowest BCUT2D eigenvalue weighted by Crippen LogP contribution is -2.30. The van der Waals surface area contributed by atoms with Crippen LogP contribution in [0.4, 0.5) is 5.69 Å². The Balaban J connectivity index is 1.21. The summed E-state index contributed by atoms with van der Waals surface area (Å²) < 4.78 is 17.6. The molecule has 1 atom stereocenters. The molecule has 6 heteroatoms. The van der Waals surface area contributed by atoms with Crippen LogP contribution in [0.5, 0.6) is 17.2 Å². The van der Waals surface area contributed by atoms with Crippen molar-refractivity contribution in [3.05, 3.63) is 133 Å². The quantitative estimate of drug-likeness (QED) is 0.166.